The molecule has 0 saturated carbocycles. The van der Waals surface area contributed by atoms with Crippen molar-refractivity contribution in [3.63, 3.8) is 0 Å². The summed E-state index contributed by atoms with van der Waals surface area (Å²) in [7, 11) is 0. The summed E-state index contributed by atoms with van der Waals surface area (Å²) in [6, 6.07) is 8.79. The smallest absolute Gasteiger partial charge is 0.263 e. The normalized spacial score (nSPS) is 14.5. The summed E-state index contributed by atoms with van der Waals surface area (Å²) in [5, 5.41) is 4.46. The number of furan rings is 1. The van der Waals surface area contributed by atoms with Gasteiger partial charge in [-0.1, -0.05) is 11.6 Å². The third-order valence-electron chi connectivity index (χ3n) is 5.11. The van der Waals surface area contributed by atoms with Crippen LogP contribution < -0.4 is 10.1 Å². The summed E-state index contributed by atoms with van der Waals surface area (Å²) >= 11 is 7.21. The van der Waals surface area contributed by atoms with Crippen LogP contribution in [-0.4, -0.2) is 40.8 Å². The first-order valence-corrected chi connectivity index (χ1v) is 11.2. The molecule has 1 saturated heterocycles. The Morgan fingerprint density at radius 3 is 2.68 bits per heavy atom. The van der Waals surface area contributed by atoms with E-state index >= 15 is 0 Å². The monoisotopic (exact) mass is 459 g/mol. The van der Waals surface area contributed by atoms with Crippen molar-refractivity contribution in [2.24, 2.45) is 0 Å². The van der Waals surface area contributed by atoms with E-state index in [1.807, 2.05) is 6.92 Å². The first kappa shape index (κ1) is 21.4. The number of nitrogens with one attached hydrogen (secondary N) is 1. The van der Waals surface area contributed by atoms with Crippen molar-refractivity contribution in [2.75, 3.05) is 13.1 Å². The van der Waals surface area contributed by atoms with Crippen LogP contribution in [0, 0.1) is 6.92 Å². The lowest BCUT2D eigenvalue weighted by molar-refractivity contribution is 0.0697. The van der Waals surface area contributed by atoms with Crippen LogP contribution in [0.2, 0.25) is 5.02 Å². The maximum atomic E-state index is 12.8. The van der Waals surface area contributed by atoms with Gasteiger partial charge in [0.05, 0.1) is 17.5 Å². The summed E-state index contributed by atoms with van der Waals surface area (Å²) < 4.78 is 10.7. The summed E-state index contributed by atoms with van der Waals surface area (Å²) in [6.07, 6.45) is 4.36. The molecule has 31 heavy (non-hydrogen) atoms. The predicted molar refractivity (Wildman–Crippen MR) is 118 cm³/mol. The zero-order chi connectivity index (χ0) is 21.8. The highest BCUT2D eigenvalue weighted by Crippen LogP contribution is 2.22. The lowest BCUT2D eigenvalue weighted by Crippen LogP contribution is -2.46. The van der Waals surface area contributed by atoms with Crippen LogP contribution in [0.5, 0.6) is 5.75 Å². The third kappa shape index (κ3) is 5.26. The van der Waals surface area contributed by atoms with Gasteiger partial charge in [-0.2, -0.15) is 0 Å². The SMILES string of the molecule is Cc1nc(COc2ccc(Cl)cc2)sc1C(=O)NC1CCN(C(=O)c2ccoc2)CC1. The first-order chi connectivity index (χ1) is 15.0. The van der Waals surface area contributed by atoms with Crippen LogP contribution in [0.1, 0.15) is 43.6 Å². The van der Waals surface area contributed by atoms with Gasteiger partial charge in [-0.25, -0.2) is 4.98 Å². The average molecular weight is 460 g/mol. The molecule has 1 aromatic carbocycles. The number of carbonyl (C=O) groups excluding carboxylic acids is 2. The zero-order valence-electron chi connectivity index (χ0n) is 17.0. The first-order valence-electron chi connectivity index (χ1n) is 9.96. The number of halogens is 1. The van der Waals surface area contributed by atoms with Crippen LogP contribution in [-0.2, 0) is 6.61 Å². The summed E-state index contributed by atoms with van der Waals surface area (Å²) in [6.45, 7) is 3.30. The van der Waals surface area contributed by atoms with Gasteiger partial charge in [0, 0.05) is 24.2 Å². The van der Waals surface area contributed by atoms with E-state index in [-0.39, 0.29) is 24.5 Å². The van der Waals surface area contributed by atoms with Gasteiger partial charge < -0.3 is 19.4 Å². The topological polar surface area (TPSA) is 84.7 Å². The Morgan fingerprint density at radius 2 is 2.00 bits per heavy atom. The number of hydrogen-bond acceptors (Lipinski definition) is 6. The van der Waals surface area contributed by atoms with Crippen molar-refractivity contribution < 1.29 is 18.7 Å². The van der Waals surface area contributed by atoms with Crippen molar-refractivity contribution >= 4 is 34.8 Å². The van der Waals surface area contributed by atoms with E-state index in [0.717, 1.165) is 5.01 Å². The molecule has 162 valence electrons. The number of nitrogens with zero attached hydrogens (tertiary/aromatic N) is 2. The minimum absolute atomic E-state index is 0.0242. The molecule has 0 radical (unpaired) electrons. The highest BCUT2D eigenvalue weighted by molar-refractivity contribution is 7.13. The van der Waals surface area contributed by atoms with Crippen LogP contribution in [0.15, 0.2) is 47.3 Å². The van der Waals surface area contributed by atoms with Gasteiger partial charge in [0.2, 0.25) is 0 Å². The zero-order valence-corrected chi connectivity index (χ0v) is 18.5. The van der Waals surface area contributed by atoms with Crippen molar-refractivity contribution in [1.82, 2.24) is 15.2 Å². The number of carbonyl (C=O) groups is 2. The molecule has 4 rings (SSSR count). The van der Waals surface area contributed by atoms with Crippen LogP contribution in [0.3, 0.4) is 0 Å². The van der Waals surface area contributed by atoms with Gasteiger partial charge in [0.15, 0.2) is 0 Å². The van der Waals surface area contributed by atoms with Gasteiger partial charge >= 0.3 is 0 Å². The average Bonchev–Trinajstić information content (AvgIpc) is 3.43. The molecule has 1 N–H and O–H groups in total. The Labute approximate surface area is 189 Å². The van der Waals surface area contributed by atoms with E-state index in [1.54, 1.807) is 35.2 Å². The lowest BCUT2D eigenvalue weighted by Gasteiger charge is -2.32. The molecule has 0 aliphatic carbocycles. The molecule has 0 bridgehead atoms. The molecule has 0 unspecified atom stereocenters. The molecule has 1 fully saturated rings. The van der Waals surface area contributed by atoms with Crippen molar-refractivity contribution in [3.05, 3.63) is 69.0 Å². The Kier molecular flexibility index (Phi) is 6.58. The molecule has 1 aliphatic heterocycles. The molecule has 0 spiro atoms. The van der Waals surface area contributed by atoms with Gasteiger partial charge in [-0.3, -0.25) is 9.59 Å². The van der Waals surface area contributed by atoms with Gasteiger partial charge in [-0.05, 0) is 50.1 Å². The predicted octanol–water partition coefficient (Wildman–Crippen LogP) is 4.31. The molecular formula is C22H22ClN3O4S. The fraction of sp³-hybridized carbons (Fsp3) is 0.318. The largest absolute Gasteiger partial charge is 0.486 e. The number of rotatable bonds is 6. The second-order valence-corrected chi connectivity index (χ2v) is 8.84. The third-order valence-corrected chi connectivity index (χ3v) is 6.49. The van der Waals surface area contributed by atoms with E-state index in [4.69, 9.17) is 20.8 Å². The fourth-order valence-corrected chi connectivity index (χ4v) is 4.45. The summed E-state index contributed by atoms with van der Waals surface area (Å²) in [5.41, 5.74) is 1.24. The number of ether oxygens (including phenoxy) is 1. The number of likely N-dealkylation sites (tertiary alicyclic amines) is 1. The maximum Gasteiger partial charge on any atom is 0.263 e. The standard InChI is InChI=1S/C22H22ClN3O4S/c1-14-20(31-19(24-14)13-30-18-4-2-16(23)3-5-18)21(27)25-17-6-9-26(10-7-17)22(28)15-8-11-29-12-15/h2-5,8,11-12,17H,6-7,9-10,13H2,1H3,(H,25,27). The maximum absolute atomic E-state index is 12.8. The van der Waals surface area contributed by atoms with Gasteiger partial charge in [0.25, 0.3) is 11.8 Å². The molecule has 1 aliphatic rings. The number of amides is 2. The molecule has 3 aromatic rings. The molecule has 9 heteroatoms. The van der Waals surface area contributed by atoms with E-state index in [9.17, 15) is 9.59 Å². The van der Waals surface area contributed by atoms with Crippen LogP contribution in [0.25, 0.3) is 0 Å². The van der Waals surface area contributed by atoms with E-state index in [1.165, 1.54) is 23.9 Å². The van der Waals surface area contributed by atoms with E-state index < -0.39 is 0 Å². The highest BCUT2D eigenvalue weighted by Gasteiger charge is 2.26. The summed E-state index contributed by atoms with van der Waals surface area (Å²) in [5.74, 6) is 0.523. The van der Waals surface area contributed by atoms with Gasteiger partial charge in [-0.15, -0.1) is 11.3 Å². The van der Waals surface area contributed by atoms with Crippen molar-refractivity contribution in [1.29, 1.82) is 0 Å². The molecule has 2 aromatic heterocycles. The van der Waals surface area contributed by atoms with Crippen molar-refractivity contribution in [3.8, 4) is 5.75 Å². The second kappa shape index (κ2) is 9.53. The molecule has 0 atom stereocenters. The second-order valence-electron chi connectivity index (χ2n) is 7.32. The van der Waals surface area contributed by atoms with Crippen LogP contribution >= 0.6 is 22.9 Å². The van der Waals surface area contributed by atoms with E-state index in [0.29, 0.717) is 52.8 Å². The minimum atomic E-state index is -0.132. The Balaban J connectivity index is 1.29. The summed E-state index contributed by atoms with van der Waals surface area (Å²) in [4.78, 5) is 32.0. The minimum Gasteiger partial charge on any atom is -0.486 e. The fourth-order valence-electron chi connectivity index (χ4n) is 3.45. The number of thiazole rings is 1. The molecule has 2 amide bonds. The Bertz CT molecular complexity index is 1040. The number of benzene rings is 1. The number of aromatic nitrogens is 1. The number of aryl methyl sites for hydroxylation is 1. The van der Waals surface area contributed by atoms with Crippen LogP contribution in [0.4, 0.5) is 0 Å². The Hall–Kier alpha value is -2.84. The van der Waals surface area contributed by atoms with Crippen molar-refractivity contribution in [2.45, 2.75) is 32.4 Å². The van der Waals surface area contributed by atoms with Gasteiger partial charge in [0.1, 0.15) is 28.5 Å². The molecule has 7 nitrogen and oxygen atoms in total. The Morgan fingerprint density at radius 1 is 1.26 bits per heavy atom. The quantitative estimate of drug-likeness (QED) is 0.593. The molecular weight excluding hydrogens is 438 g/mol. The molecule has 3 heterocycles. The lowest BCUT2D eigenvalue weighted by atomic mass is 10.0. The highest BCUT2D eigenvalue weighted by atomic mass is 35.5. The number of hydrogen-bond donors (Lipinski definition) is 1. The number of piperidine rings is 1. The van der Waals surface area contributed by atoms with E-state index in [2.05, 4.69) is 10.3 Å².